The third-order valence-corrected chi connectivity index (χ3v) is 5.92. The summed E-state index contributed by atoms with van der Waals surface area (Å²) in [4.78, 5) is 30.3. The fourth-order valence-corrected chi connectivity index (χ4v) is 4.12. The van der Waals surface area contributed by atoms with Gasteiger partial charge in [-0.15, -0.1) is 0 Å². The molecule has 5 heterocycles. The fourth-order valence-electron chi connectivity index (χ4n) is 4.12. The molecule has 2 aliphatic rings. The molecule has 0 atom stereocenters. The van der Waals surface area contributed by atoms with Gasteiger partial charge in [0.1, 0.15) is 0 Å². The van der Waals surface area contributed by atoms with Gasteiger partial charge >= 0.3 is 12.1 Å². The summed E-state index contributed by atoms with van der Waals surface area (Å²) in [5.74, 6) is -1.20. The monoisotopic (exact) mass is 479 g/mol. The number of amides is 1. The largest absolute Gasteiger partial charge is 0.490 e. The van der Waals surface area contributed by atoms with Crippen molar-refractivity contribution in [3.8, 4) is 0 Å². The normalized spacial score (nSPS) is 17.0. The highest BCUT2D eigenvalue weighted by molar-refractivity contribution is 5.91. The van der Waals surface area contributed by atoms with Gasteiger partial charge in [-0.1, -0.05) is 0 Å². The second-order valence-corrected chi connectivity index (χ2v) is 8.20. The summed E-state index contributed by atoms with van der Waals surface area (Å²) in [6, 6.07) is 7.66. The molecule has 0 unspecified atom stereocenters. The van der Waals surface area contributed by atoms with Crippen molar-refractivity contribution in [2.75, 3.05) is 31.1 Å². The van der Waals surface area contributed by atoms with Crippen LogP contribution in [0, 0.1) is 0 Å². The van der Waals surface area contributed by atoms with Crippen LogP contribution in [-0.4, -0.2) is 68.8 Å². The van der Waals surface area contributed by atoms with E-state index < -0.39 is 12.1 Å². The Morgan fingerprint density at radius 3 is 2.32 bits per heavy atom. The number of hydrogen-bond donors (Lipinski definition) is 1. The maximum absolute atomic E-state index is 12.4. The second kappa shape index (κ2) is 9.74. The molecule has 1 amide bonds. The van der Waals surface area contributed by atoms with E-state index in [9.17, 15) is 18.0 Å². The predicted octanol–water partition coefficient (Wildman–Crippen LogP) is 3.58. The number of furan rings is 1. The molecule has 1 N–H and O–H groups in total. The smallest absolute Gasteiger partial charge is 0.475 e. The van der Waals surface area contributed by atoms with Crippen molar-refractivity contribution in [1.29, 1.82) is 0 Å². The molecule has 2 aliphatic heterocycles. The molecule has 9 nitrogen and oxygen atoms in total. The number of hydrogen-bond acceptors (Lipinski definition) is 6. The van der Waals surface area contributed by atoms with E-state index in [-0.39, 0.29) is 5.91 Å². The number of nitrogens with zero attached hydrogens (tertiary/aromatic N) is 5. The number of carbonyl (C=O) groups is 2. The summed E-state index contributed by atoms with van der Waals surface area (Å²) >= 11 is 0. The van der Waals surface area contributed by atoms with Crippen molar-refractivity contribution in [3.63, 3.8) is 0 Å². The molecule has 34 heavy (non-hydrogen) atoms. The van der Waals surface area contributed by atoms with Crippen LogP contribution >= 0.6 is 0 Å². The number of carbonyl (C=O) groups excluding carboxylic acids is 1. The summed E-state index contributed by atoms with van der Waals surface area (Å²) in [6.07, 6.45) is 2.82. The van der Waals surface area contributed by atoms with E-state index in [1.807, 2.05) is 9.42 Å². The number of aliphatic carboxylic acids is 1. The Hall–Kier alpha value is -3.57. The Labute approximate surface area is 192 Å². The highest BCUT2D eigenvalue weighted by Crippen LogP contribution is 2.28. The van der Waals surface area contributed by atoms with Crippen molar-refractivity contribution in [2.24, 2.45) is 0 Å². The van der Waals surface area contributed by atoms with Crippen molar-refractivity contribution >= 4 is 23.2 Å². The van der Waals surface area contributed by atoms with Crippen molar-refractivity contribution in [2.45, 2.75) is 37.8 Å². The highest BCUT2D eigenvalue weighted by Gasteiger charge is 2.38. The molecular weight excluding hydrogens is 455 g/mol. The average Bonchev–Trinajstić information content (AvgIpc) is 3.59. The Morgan fingerprint density at radius 2 is 1.74 bits per heavy atom. The van der Waals surface area contributed by atoms with E-state index in [4.69, 9.17) is 24.4 Å². The van der Waals surface area contributed by atoms with Gasteiger partial charge in [-0.25, -0.2) is 14.3 Å². The van der Waals surface area contributed by atoms with Crippen LogP contribution in [0.4, 0.5) is 18.9 Å². The molecule has 2 fully saturated rings. The van der Waals surface area contributed by atoms with Crippen LogP contribution in [0.3, 0.4) is 0 Å². The van der Waals surface area contributed by atoms with Gasteiger partial charge in [0.15, 0.2) is 17.2 Å². The molecular formula is C22H24F3N5O4. The number of carboxylic acid groups (broad SMARTS) is 1. The topological polar surface area (TPSA) is 104 Å². The zero-order chi connectivity index (χ0) is 24.3. The molecule has 0 aliphatic carbocycles. The van der Waals surface area contributed by atoms with Gasteiger partial charge in [0.05, 0.1) is 18.1 Å². The summed E-state index contributed by atoms with van der Waals surface area (Å²) in [5, 5.41) is 11.9. The zero-order valence-electron chi connectivity index (χ0n) is 18.2. The van der Waals surface area contributed by atoms with E-state index in [2.05, 4.69) is 23.2 Å². The molecule has 3 aromatic heterocycles. The minimum atomic E-state index is -5.08. The van der Waals surface area contributed by atoms with Crippen LogP contribution < -0.4 is 4.90 Å². The number of pyridine rings is 1. The second-order valence-electron chi connectivity index (χ2n) is 8.20. The zero-order valence-corrected chi connectivity index (χ0v) is 18.2. The first kappa shape index (κ1) is 23.6. The van der Waals surface area contributed by atoms with Crippen LogP contribution in [0.15, 0.2) is 41.1 Å². The first-order valence-corrected chi connectivity index (χ1v) is 11.0. The summed E-state index contributed by atoms with van der Waals surface area (Å²) < 4.78 is 38.9. The maximum atomic E-state index is 12.4. The minimum Gasteiger partial charge on any atom is -0.475 e. The van der Waals surface area contributed by atoms with Crippen LogP contribution in [-0.2, 0) is 4.79 Å². The number of halogens is 3. The number of likely N-dealkylation sites (tertiary alicyclic amines) is 1. The standard InChI is InChI=1S/C20H23N5O2.C2HF3O2/c26-20(17-4-3-13-27-17)24-11-7-15(8-12-24)19-21-18-6-5-16(14-25(18)22-19)23-9-1-2-10-23;3-2(4,5)1(6)7/h3-6,13-15H,1-2,7-12H2;(H,6,7). The SMILES string of the molecule is O=C(O)C(F)(F)F.O=C(c1ccco1)N1CCC(c2nc3ccc(N4CCCC4)cn3n2)CC1. The molecule has 0 saturated carbocycles. The predicted molar refractivity (Wildman–Crippen MR) is 115 cm³/mol. The van der Waals surface area contributed by atoms with E-state index in [0.29, 0.717) is 24.8 Å². The number of rotatable bonds is 3. The van der Waals surface area contributed by atoms with Gasteiger partial charge in [0.25, 0.3) is 5.91 Å². The molecule has 0 aromatic carbocycles. The molecule has 0 bridgehead atoms. The van der Waals surface area contributed by atoms with E-state index in [1.165, 1.54) is 24.8 Å². The minimum absolute atomic E-state index is 0.0309. The maximum Gasteiger partial charge on any atom is 0.490 e. The van der Waals surface area contributed by atoms with Crippen LogP contribution in [0.5, 0.6) is 0 Å². The van der Waals surface area contributed by atoms with E-state index in [0.717, 1.165) is 37.4 Å². The first-order chi connectivity index (χ1) is 16.2. The van der Waals surface area contributed by atoms with E-state index >= 15 is 0 Å². The molecule has 182 valence electrons. The third-order valence-electron chi connectivity index (χ3n) is 5.92. The lowest BCUT2D eigenvalue weighted by Gasteiger charge is -2.30. The molecule has 3 aromatic rings. The lowest BCUT2D eigenvalue weighted by molar-refractivity contribution is -0.192. The van der Waals surface area contributed by atoms with Crippen LogP contribution in [0.2, 0.25) is 0 Å². The van der Waals surface area contributed by atoms with Gasteiger partial charge < -0.3 is 19.3 Å². The molecule has 12 heteroatoms. The van der Waals surface area contributed by atoms with Crippen LogP contribution in [0.25, 0.3) is 5.65 Å². The summed E-state index contributed by atoms with van der Waals surface area (Å²) in [7, 11) is 0. The number of alkyl halides is 3. The van der Waals surface area contributed by atoms with Gasteiger partial charge in [-0.05, 0) is 49.9 Å². The Morgan fingerprint density at radius 1 is 1.06 bits per heavy atom. The fraction of sp³-hybridized carbons (Fsp3) is 0.455. The lowest BCUT2D eigenvalue weighted by atomic mass is 9.96. The average molecular weight is 479 g/mol. The van der Waals surface area contributed by atoms with Crippen molar-refractivity contribution < 1.29 is 32.3 Å². The Kier molecular flexibility index (Phi) is 6.75. The van der Waals surface area contributed by atoms with Gasteiger partial charge in [-0.2, -0.15) is 18.3 Å². The quantitative estimate of drug-likeness (QED) is 0.612. The number of aromatic nitrogens is 3. The molecule has 0 radical (unpaired) electrons. The van der Waals surface area contributed by atoms with E-state index in [1.54, 1.807) is 12.1 Å². The van der Waals surface area contributed by atoms with Gasteiger partial charge in [0, 0.05) is 32.1 Å². The number of fused-ring (bicyclic) bond motifs is 1. The first-order valence-electron chi connectivity index (χ1n) is 11.0. The molecule has 2 saturated heterocycles. The summed E-state index contributed by atoms with van der Waals surface area (Å²) in [5.41, 5.74) is 2.11. The van der Waals surface area contributed by atoms with Crippen molar-refractivity contribution in [1.82, 2.24) is 19.5 Å². The lowest BCUT2D eigenvalue weighted by Crippen LogP contribution is -2.37. The van der Waals surface area contributed by atoms with Gasteiger partial charge in [-0.3, -0.25) is 4.79 Å². The Balaban J connectivity index is 0.000000344. The highest BCUT2D eigenvalue weighted by atomic mass is 19.4. The van der Waals surface area contributed by atoms with Gasteiger partial charge in [0.2, 0.25) is 0 Å². The molecule has 0 spiro atoms. The number of carboxylic acids is 1. The van der Waals surface area contributed by atoms with Crippen molar-refractivity contribution in [3.05, 3.63) is 48.3 Å². The summed E-state index contributed by atoms with van der Waals surface area (Å²) in [6.45, 7) is 3.65. The number of piperidine rings is 1. The third kappa shape index (κ3) is 5.32. The molecule has 5 rings (SSSR count). The van der Waals surface area contributed by atoms with Crippen LogP contribution in [0.1, 0.15) is 48.0 Å². The Bertz CT molecular complexity index is 1130. The number of anilines is 1.